The molecule has 69 heavy (non-hydrogen) atoms. The molecule has 0 aliphatic rings. The van der Waals surface area contributed by atoms with Gasteiger partial charge >= 0.3 is 0 Å². The van der Waals surface area contributed by atoms with Crippen molar-refractivity contribution in [3.8, 4) is 0 Å². The number of hydrogen-bond donors (Lipinski definition) is 2. The molecule has 0 heterocycles. The van der Waals surface area contributed by atoms with Gasteiger partial charge in [0.1, 0.15) is 13.2 Å². The fraction of sp³-hybridized carbons (Fsp3) is 0.850. The number of amides is 1. The predicted octanol–water partition coefficient (Wildman–Crippen LogP) is 17.3. The number of quaternary nitrogens is 1. The number of carbonyl (C=O) groups is 1. The second-order valence-corrected chi connectivity index (χ2v) is 22.7. The summed E-state index contributed by atoms with van der Waals surface area (Å²) in [5.74, 6) is -0.203. The summed E-state index contributed by atoms with van der Waals surface area (Å²) in [7, 11) is 1.28. The maximum absolute atomic E-state index is 12.9. The summed E-state index contributed by atoms with van der Waals surface area (Å²) < 4.78 is 23.4. The van der Waals surface area contributed by atoms with Gasteiger partial charge in [0.15, 0.2) is 0 Å². The zero-order valence-corrected chi connectivity index (χ0v) is 47.2. The number of aliphatic hydroxyl groups is 1. The fourth-order valence-corrected chi connectivity index (χ4v) is 9.46. The molecule has 0 radical (unpaired) electrons. The summed E-state index contributed by atoms with van der Waals surface area (Å²) in [5, 5.41) is 14.0. The highest BCUT2D eigenvalue weighted by Crippen LogP contribution is 2.38. The van der Waals surface area contributed by atoms with Crippen LogP contribution in [0.25, 0.3) is 0 Å². The van der Waals surface area contributed by atoms with E-state index >= 15 is 0 Å². The molecule has 0 fully saturated rings. The van der Waals surface area contributed by atoms with Gasteiger partial charge in [0.05, 0.1) is 39.9 Å². The number of nitrogens with zero attached hydrogens (tertiary/aromatic N) is 1. The molecule has 8 nitrogen and oxygen atoms in total. The number of aliphatic hydroxyl groups excluding tert-OH is 1. The van der Waals surface area contributed by atoms with E-state index in [0.717, 1.165) is 57.8 Å². The highest BCUT2D eigenvalue weighted by Gasteiger charge is 2.24. The minimum atomic E-state index is -4.59. The van der Waals surface area contributed by atoms with Crippen molar-refractivity contribution < 1.29 is 32.9 Å². The first-order valence-electron chi connectivity index (χ1n) is 29.5. The molecule has 0 spiro atoms. The summed E-state index contributed by atoms with van der Waals surface area (Å²) in [6.45, 7) is 4.60. The molecule has 0 bridgehead atoms. The topological polar surface area (TPSA) is 108 Å². The summed E-state index contributed by atoms with van der Waals surface area (Å²) >= 11 is 0. The maximum atomic E-state index is 12.9. The molecule has 0 aliphatic carbocycles. The Morgan fingerprint density at radius 2 is 0.884 bits per heavy atom. The molecule has 406 valence electrons. The van der Waals surface area contributed by atoms with Gasteiger partial charge in [-0.2, -0.15) is 0 Å². The van der Waals surface area contributed by atoms with Gasteiger partial charge < -0.3 is 28.8 Å². The zero-order valence-electron chi connectivity index (χ0n) is 46.3. The Kier molecular flexibility index (Phi) is 50.2. The van der Waals surface area contributed by atoms with Crippen LogP contribution in [0.4, 0.5) is 0 Å². The molecule has 0 aromatic heterocycles. The van der Waals surface area contributed by atoms with E-state index in [2.05, 4.69) is 67.8 Å². The number of likely N-dealkylation sites (N-methyl/N-ethyl adjacent to an activating group) is 1. The summed E-state index contributed by atoms with van der Waals surface area (Å²) in [6.07, 6.45) is 67.5. The van der Waals surface area contributed by atoms with E-state index in [0.29, 0.717) is 30.3 Å². The number of unbranched alkanes of at least 4 members (excludes halogenated alkanes) is 33. The van der Waals surface area contributed by atoms with E-state index in [1.54, 1.807) is 0 Å². The summed E-state index contributed by atoms with van der Waals surface area (Å²) in [6, 6.07) is -0.825. The van der Waals surface area contributed by atoms with Crippen LogP contribution in [-0.2, 0) is 18.4 Å². The Labute approximate surface area is 429 Å². The highest BCUT2D eigenvalue weighted by atomic mass is 31.2. The van der Waals surface area contributed by atoms with E-state index in [-0.39, 0.29) is 19.1 Å². The normalized spacial score (nSPS) is 14.2. The largest absolute Gasteiger partial charge is 0.756 e. The van der Waals surface area contributed by atoms with Crippen molar-refractivity contribution in [1.29, 1.82) is 0 Å². The number of nitrogens with one attached hydrogen (secondary N) is 1. The number of hydrogen-bond acceptors (Lipinski definition) is 6. The SMILES string of the molecule is CC/C=C\C/C=C\C/C=C\C/C=C\CCCCC(=O)NC(COP(=O)([O-])OCC[N+](C)(C)C)C(O)CCCCCCCCCCCCCCCCCCCCCCCCCCCCCCCCCC. The molecule has 0 aliphatic heterocycles. The average Bonchev–Trinajstić information content (AvgIpc) is 3.31. The smallest absolute Gasteiger partial charge is 0.268 e. The van der Waals surface area contributed by atoms with Crippen LogP contribution >= 0.6 is 7.82 Å². The minimum absolute atomic E-state index is 0.00281. The van der Waals surface area contributed by atoms with Crippen molar-refractivity contribution >= 4 is 13.7 Å². The standard InChI is InChI=1S/C60H115N2O6P/c1-6-8-10-12-14-16-18-20-22-23-24-25-26-27-28-29-30-31-32-33-34-35-36-37-38-40-41-43-45-47-49-51-53-59(63)58(57-68-69(65,66)67-56-55-62(3,4)5)61-60(64)54-52-50-48-46-44-42-39-21-19-17-15-13-11-9-7-2/h9,11,15,17,21,39,44,46,58-59,63H,6-8,10,12-14,16,18-20,22-38,40-43,45,47-57H2,1-5H3,(H-,61,64,65,66)/b11-9-,17-15-,39-21-,46-44-. The number of phosphoric ester groups is 1. The van der Waals surface area contributed by atoms with Crippen molar-refractivity contribution in [2.75, 3.05) is 40.9 Å². The third-order valence-corrected chi connectivity index (χ3v) is 14.3. The Morgan fingerprint density at radius 3 is 1.26 bits per heavy atom. The van der Waals surface area contributed by atoms with Crippen LogP contribution in [0.2, 0.25) is 0 Å². The lowest BCUT2D eigenvalue weighted by Gasteiger charge is -2.30. The van der Waals surface area contributed by atoms with Gasteiger partial charge in [0, 0.05) is 6.42 Å². The summed E-state index contributed by atoms with van der Waals surface area (Å²) in [5.41, 5.74) is 0. The molecule has 0 aromatic rings. The van der Waals surface area contributed by atoms with Crippen LogP contribution in [0.3, 0.4) is 0 Å². The van der Waals surface area contributed by atoms with Gasteiger partial charge in [0.2, 0.25) is 5.91 Å². The lowest BCUT2D eigenvalue weighted by Crippen LogP contribution is -2.46. The Balaban J connectivity index is 4.05. The molecular weight excluding hydrogens is 876 g/mol. The Hall–Kier alpha value is -1.54. The lowest BCUT2D eigenvalue weighted by molar-refractivity contribution is -0.870. The van der Waals surface area contributed by atoms with Gasteiger partial charge in [-0.1, -0.05) is 268 Å². The van der Waals surface area contributed by atoms with E-state index in [1.165, 1.54) is 186 Å². The molecule has 0 rings (SSSR count). The highest BCUT2D eigenvalue weighted by molar-refractivity contribution is 7.45. The first-order valence-corrected chi connectivity index (χ1v) is 30.9. The maximum Gasteiger partial charge on any atom is 0.268 e. The number of phosphoric acid groups is 1. The van der Waals surface area contributed by atoms with Crippen LogP contribution in [0, 0.1) is 0 Å². The molecular formula is C60H115N2O6P. The number of rotatable bonds is 54. The van der Waals surface area contributed by atoms with Crippen molar-refractivity contribution in [1.82, 2.24) is 5.32 Å². The first-order chi connectivity index (χ1) is 33.5. The second kappa shape index (κ2) is 51.4. The van der Waals surface area contributed by atoms with Crippen LogP contribution in [0.5, 0.6) is 0 Å². The van der Waals surface area contributed by atoms with E-state index in [1.807, 2.05) is 21.1 Å². The van der Waals surface area contributed by atoms with Gasteiger partial charge in [0.25, 0.3) is 7.82 Å². The molecule has 1 amide bonds. The van der Waals surface area contributed by atoms with Gasteiger partial charge in [-0.25, -0.2) is 0 Å². The van der Waals surface area contributed by atoms with Crippen LogP contribution in [0.15, 0.2) is 48.6 Å². The van der Waals surface area contributed by atoms with Crippen molar-refractivity contribution in [2.45, 2.75) is 289 Å². The van der Waals surface area contributed by atoms with E-state index < -0.39 is 20.0 Å². The van der Waals surface area contributed by atoms with Crippen LogP contribution in [-0.4, -0.2) is 68.5 Å². The quantitative estimate of drug-likeness (QED) is 0.0272. The molecule has 0 aromatic carbocycles. The van der Waals surface area contributed by atoms with Crippen molar-refractivity contribution in [3.05, 3.63) is 48.6 Å². The number of allylic oxidation sites excluding steroid dienone is 8. The van der Waals surface area contributed by atoms with Gasteiger partial charge in [-0.3, -0.25) is 9.36 Å². The van der Waals surface area contributed by atoms with E-state index in [9.17, 15) is 19.4 Å². The van der Waals surface area contributed by atoms with E-state index in [4.69, 9.17) is 9.05 Å². The van der Waals surface area contributed by atoms with Gasteiger partial charge in [-0.05, 0) is 51.4 Å². The van der Waals surface area contributed by atoms with Crippen LogP contribution < -0.4 is 10.2 Å². The second-order valence-electron chi connectivity index (χ2n) is 21.3. The molecule has 3 unspecified atom stereocenters. The molecule has 0 saturated heterocycles. The summed E-state index contributed by atoms with van der Waals surface area (Å²) in [4.78, 5) is 25.5. The molecule has 0 saturated carbocycles. The van der Waals surface area contributed by atoms with Gasteiger partial charge in [-0.15, -0.1) is 0 Å². The Morgan fingerprint density at radius 1 is 0.522 bits per heavy atom. The Bertz CT molecular complexity index is 1260. The lowest BCUT2D eigenvalue weighted by atomic mass is 10.0. The monoisotopic (exact) mass is 991 g/mol. The number of carbonyl (C=O) groups excluding carboxylic acids is 1. The minimum Gasteiger partial charge on any atom is -0.756 e. The molecule has 2 N–H and O–H groups in total. The molecule has 9 heteroatoms. The average molecular weight is 992 g/mol. The third kappa shape index (κ3) is 54.1. The molecule has 3 atom stereocenters. The third-order valence-electron chi connectivity index (χ3n) is 13.3. The van der Waals surface area contributed by atoms with Crippen molar-refractivity contribution in [3.63, 3.8) is 0 Å². The zero-order chi connectivity index (χ0) is 50.6. The fourth-order valence-electron chi connectivity index (χ4n) is 8.74. The first kappa shape index (κ1) is 67.5. The van der Waals surface area contributed by atoms with Crippen molar-refractivity contribution in [2.24, 2.45) is 0 Å². The predicted molar refractivity (Wildman–Crippen MR) is 298 cm³/mol. The van der Waals surface area contributed by atoms with Crippen LogP contribution in [0.1, 0.15) is 277 Å².